The molecule has 0 aliphatic carbocycles. The number of carbonyl (C=O) groups is 1. The van der Waals surface area contributed by atoms with E-state index < -0.39 is 0 Å². The van der Waals surface area contributed by atoms with E-state index in [1.54, 1.807) is 18.2 Å². The quantitative estimate of drug-likeness (QED) is 0.887. The van der Waals surface area contributed by atoms with Crippen molar-refractivity contribution in [2.75, 3.05) is 11.9 Å². The predicted molar refractivity (Wildman–Crippen MR) is 83.4 cm³/mol. The zero-order valence-electron chi connectivity index (χ0n) is 12.0. The summed E-state index contributed by atoms with van der Waals surface area (Å²) in [6.45, 7) is 0.976. The summed E-state index contributed by atoms with van der Waals surface area (Å²) in [4.78, 5) is 11.9. The van der Waals surface area contributed by atoms with Gasteiger partial charge in [-0.05, 0) is 31.0 Å². The van der Waals surface area contributed by atoms with Crippen molar-refractivity contribution >= 4 is 22.4 Å². The van der Waals surface area contributed by atoms with Gasteiger partial charge < -0.3 is 10.6 Å². The number of benzene rings is 1. The Balaban J connectivity index is 1.56. The second-order valence-corrected chi connectivity index (χ2v) is 6.38. The summed E-state index contributed by atoms with van der Waals surface area (Å²) in [5, 5.41) is 15.2. The number of rotatable bonds is 5. The van der Waals surface area contributed by atoms with Crippen molar-refractivity contribution in [1.82, 2.24) is 15.5 Å². The Morgan fingerprint density at radius 2 is 2.27 bits per heavy atom. The highest BCUT2D eigenvalue weighted by Gasteiger charge is 2.18. The third kappa shape index (κ3) is 3.86. The fourth-order valence-corrected chi connectivity index (χ4v) is 3.28. The van der Waals surface area contributed by atoms with Crippen LogP contribution in [0.4, 0.5) is 9.52 Å². The van der Waals surface area contributed by atoms with Gasteiger partial charge in [-0.1, -0.05) is 29.5 Å². The van der Waals surface area contributed by atoms with Crippen LogP contribution in [-0.2, 0) is 11.2 Å². The monoisotopic (exact) mass is 320 g/mol. The van der Waals surface area contributed by atoms with Crippen molar-refractivity contribution < 1.29 is 9.18 Å². The Labute approximate surface area is 132 Å². The van der Waals surface area contributed by atoms with Gasteiger partial charge in [0, 0.05) is 18.9 Å². The molecular formula is C15H17FN4OS. The maximum atomic E-state index is 13.6. The molecule has 2 heterocycles. The number of nitrogens with zero attached hydrogens (tertiary/aromatic N) is 2. The van der Waals surface area contributed by atoms with E-state index in [1.165, 1.54) is 17.4 Å². The molecule has 3 rings (SSSR count). The smallest absolute Gasteiger partial charge is 0.227 e. The second-order valence-electron chi connectivity index (χ2n) is 5.31. The highest BCUT2D eigenvalue weighted by atomic mass is 32.1. The second kappa shape index (κ2) is 6.93. The Kier molecular flexibility index (Phi) is 4.74. The highest BCUT2D eigenvalue weighted by molar-refractivity contribution is 7.15. The normalized spacial score (nSPS) is 17.6. The van der Waals surface area contributed by atoms with Gasteiger partial charge in [0.15, 0.2) is 0 Å². The summed E-state index contributed by atoms with van der Waals surface area (Å²) in [5.41, 5.74) is 0.576. The molecule has 0 spiro atoms. The van der Waals surface area contributed by atoms with E-state index in [0.29, 0.717) is 28.5 Å². The fraction of sp³-hybridized carbons (Fsp3) is 0.400. The Bertz CT molecular complexity index is 654. The van der Waals surface area contributed by atoms with Crippen LogP contribution in [0, 0.1) is 5.82 Å². The first-order chi connectivity index (χ1) is 10.7. The minimum absolute atomic E-state index is 0.0620. The zero-order valence-corrected chi connectivity index (χ0v) is 12.8. The molecule has 1 amide bonds. The van der Waals surface area contributed by atoms with Crippen LogP contribution < -0.4 is 10.6 Å². The molecule has 5 nitrogen and oxygen atoms in total. The minimum atomic E-state index is -0.254. The van der Waals surface area contributed by atoms with Crippen molar-refractivity contribution in [3.05, 3.63) is 40.7 Å². The molecule has 2 N–H and O–H groups in total. The van der Waals surface area contributed by atoms with Crippen molar-refractivity contribution in [1.29, 1.82) is 0 Å². The predicted octanol–water partition coefficient (Wildman–Crippen LogP) is 2.35. The number of hydrogen-bond donors (Lipinski definition) is 2. The molecule has 1 aliphatic rings. The van der Waals surface area contributed by atoms with E-state index in [-0.39, 0.29) is 17.8 Å². The van der Waals surface area contributed by atoms with Crippen LogP contribution in [0.5, 0.6) is 0 Å². The average Bonchev–Trinajstić information content (AvgIpc) is 3.14. The Morgan fingerprint density at radius 3 is 3.05 bits per heavy atom. The van der Waals surface area contributed by atoms with Crippen LogP contribution >= 0.6 is 11.3 Å². The molecule has 22 heavy (non-hydrogen) atoms. The molecule has 1 aliphatic heterocycles. The van der Waals surface area contributed by atoms with Crippen LogP contribution in [0.25, 0.3) is 0 Å². The lowest BCUT2D eigenvalue weighted by molar-refractivity contribution is -0.116. The van der Waals surface area contributed by atoms with Crippen LogP contribution in [0.2, 0.25) is 0 Å². The molecule has 0 saturated carbocycles. The number of anilines is 1. The van der Waals surface area contributed by atoms with Gasteiger partial charge in [0.1, 0.15) is 10.8 Å². The Morgan fingerprint density at radius 1 is 1.41 bits per heavy atom. The summed E-state index contributed by atoms with van der Waals surface area (Å²) in [7, 11) is 0. The molecular weight excluding hydrogens is 303 g/mol. The molecule has 7 heteroatoms. The van der Waals surface area contributed by atoms with E-state index in [2.05, 4.69) is 20.8 Å². The lowest BCUT2D eigenvalue weighted by Gasteiger charge is -2.08. The van der Waals surface area contributed by atoms with Crippen molar-refractivity contribution in [3.63, 3.8) is 0 Å². The van der Waals surface area contributed by atoms with E-state index in [4.69, 9.17) is 0 Å². The van der Waals surface area contributed by atoms with Crippen LogP contribution in [0.3, 0.4) is 0 Å². The maximum absolute atomic E-state index is 13.6. The van der Waals surface area contributed by atoms with Gasteiger partial charge >= 0.3 is 0 Å². The summed E-state index contributed by atoms with van der Waals surface area (Å²) in [6, 6.07) is 6.85. The van der Waals surface area contributed by atoms with Gasteiger partial charge in [0.05, 0.1) is 0 Å². The average molecular weight is 320 g/mol. The van der Waals surface area contributed by atoms with Gasteiger partial charge in [-0.3, -0.25) is 4.79 Å². The van der Waals surface area contributed by atoms with Crippen LogP contribution in [0.15, 0.2) is 24.3 Å². The summed E-state index contributed by atoms with van der Waals surface area (Å²) in [6.07, 6.45) is 2.97. The first-order valence-corrected chi connectivity index (χ1v) is 8.11. The van der Waals surface area contributed by atoms with Crippen molar-refractivity contribution in [3.8, 4) is 0 Å². The molecule has 1 fully saturated rings. The van der Waals surface area contributed by atoms with E-state index >= 15 is 0 Å². The lowest BCUT2D eigenvalue weighted by atomic mass is 10.1. The van der Waals surface area contributed by atoms with Gasteiger partial charge in [-0.15, -0.1) is 10.2 Å². The first kappa shape index (κ1) is 15.1. The van der Waals surface area contributed by atoms with Crippen LogP contribution in [0.1, 0.15) is 29.8 Å². The lowest BCUT2D eigenvalue weighted by Crippen LogP contribution is -2.27. The third-order valence-electron chi connectivity index (χ3n) is 3.61. The third-order valence-corrected chi connectivity index (χ3v) is 4.45. The first-order valence-electron chi connectivity index (χ1n) is 7.30. The number of hydrogen-bond acceptors (Lipinski definition) is 5. The van der Waals surface area contributed by atoms with Gasteiger partial charge in [0.25, 0.3) is 0 Å². The molecule has 1 atom stereocenters. The largest absolute Gasteiger partial charge is 0.313 e. The number of carbonyl (C=O) groups excluding carboxylic acids is 1. The molecule has 1 aromatic heterocycles. The highest BCUT2D eigenvalue weighted by Crippen LogP contribution is 2.20. The molecule has 116 valence electrons. The number of halogens is 1. The molecule has 0 bridgehead atoms. The van der Waals surface area contributed by atoms with E-state index in [0.717, 1.165) is 19.4 Å². The molecule has 1 aromatic carbocycles. The fourth-order valence-electron chi connectivity index (χ4n) is 2.51. The molecule has 2 aromatic rings. The van der Waals surface area contributed by atoms with E-state index in [9.17, 15) is 9.18 Å². The van der Waals surface area contributed by atoms with Gasteiger partial charge in [0.2, 0.25) is 11.0 Å². The summed E-state index contributed by atoms with van der Waals surface area (Å²) >= 11 is 1.28. The molecule has 1 unspecified atom stereocenters. The minimum Gasteiger partial charge on any atom is -0.313 e. The van der Waals surface area contributed by atoms with Crippen molar-refractivity contribution in [2.24, 2.45) is 0 Å². The molecule has 1 saturated heterocycles. The number of amides is 1. The zero-order chi connectivity index (χ0) is 15.4. The SMILES string of the molecule is O=C(CC1CCCN1)Nc1nnc(Cc2ccccc2F)s1. The van der Waals surface area contributed by atoms with Gasteiger partial charge in [-0.25, -0.2) is 4.39 Å². The summed E-state index contributed by atoms with van der Waals surface area (Å²) in [5.74, 6) is -0.316. The van der Waals surface area contributed by atoms with Crippen molar-refractivity contribution in [2.45, 2.75) is 31.7 Å². The van der Waals surface area contributed by atoms with Gasteiger partial charge in [-0.2, -0.15) is 0 Å². The Hall–Kier alpha value is -1.86. The number of nitrogens with one attached hydrogen (secondary N) is 2. The maximum Gasteiger partial charge on any atom is 0.227 e. The molecule has 0 radical (unpaired) electrons. The number of aromatic nitrogens is 2. The topological polar surface area (TPSA) is 66.9 Å². The summed E-state index contributed by atoms with van der Waals surface area (Å²) < 4.78 is 13.6. The standard InChI is InChI=1S/C15H17FN4OS/c16-12-6-2-1-4-10(12)8-14-19-20-15(22-14)18-13(21)9-11-5-3-7-17-11/h1-2,4,6,11,17H,3,5,7-9H2,(H,18,20,21). The van der Waals surface area contributed by atoms with E-state index in [1.807, 2.05) is 0 Å². The van der Waals surface area contributed by atoms with Crippen LogP contribution in [-0.4, -0.2) is 28.7 Å².